The Kier molecular flexibility index (Phi) is 1.59. The third-order valence-corrected chi connectivity index (χ3v) is 1.20. The maximum atomic E-state index is 2.99. The first-order chi connectivity index (χ1) is 3.00. The Morgan fingerprint density at radius 1 is 1.67 bits per heavy atom. The lowest BCUT2D eigenvalue weighted by molar-refractivity contribution is 1.08. The molecule has 0 aromatic carbocycles. The van der Waals surface area contributed by atoms with E-state index < -0.39 is 0 Å². The van der Waals surface area contributed by atoms with Crippen molar-refractivity contribution in [2.75, 3.05) is 0 Å². The molecule has 0 saturated heterocycles. The summed E-state index contributed by atoms with van der Waals surface area (Å²) in [4.78, 5) is 0. The van der Waals surface area contributed by atoms with Gasteiger partial charge in [0.05, 0.1) is 0 Å². The summed E-state index contributed by atoms with van der Waals surface area (Å²) in [6, 6.07) is 0. The largest absolute Gasteiger partial charge is 0.255 e. The van der Waals surface area contributed by atoms with E-state index in [-0.39, 0.29) is 0 Å². The minimum absolute atomic E-state index is 1.06. The van der Waals surface area contributed by atoms with E-state index in [4.69, 9.17) is 0 Å². The Bertz CT molecular complexity index is 52.6. The van der Waals surface area contributed by atoms with Gasteiger partial charge in [0.25, 0.3) is 0 Å². The summed E-state index contributed by atoms with van der Waals surface area (Å²) in [5.74, 6) is 0. The van der Waals surface area contributed by atoms with E-state index in [1.807, 2.05) is 12.0 Å². The lowest BCUT2D eigenvalue weighted by Crippen LogP contribution is -1.97. The van der Waals surface area contributed by atoms with Gasteiger partial charge in [0.2, 0.25) is 0 Å². The molecule has 0 aromatic rings. The molecule has 1 aliphatic heterocycles. The molecule has 1 N–H and O–H groups in total. The van der Waals surface area contributed by atoms with Crippen LogP contribution in [0.2, 0.25) is 0 Å². The normalized spacial score (nSPS) is 21.3. The zero-order chi connectivity index (χ0) is 4.24. The van der Waals surface area contributed by atoms with Gasteiger partial charge in [-0.05, 0) is 11.8 Å². The van der Waals surface area contributed by atoms with Crippen LogP contribution in [0.5, 0.6) is 0 Å². The molecule has 0 bridgehead atoms. The minimum atomic E-state index is 1.06. The fourth-order valence-electron chi connectivity index (χ4n) is 0.307. The third-order valence-electron chi connectivity index (χ3n) is 0.570. The lowest BCUT2D eigenvalue weighted by Gasteiger charge is -1.99. The SMILES string of the molecule is [CH]1CC=CSN1. The highest BCUT2D eigenvalue weighted by molar-refractivity contribution is 8.00. The Labute approximate surface area is 41.9 Å². The summed E-state index contributed by atoms with van der Waals surface area (Å²) in [5, 5.41) is 2.04. The molecular formula is C4H6NS. The van der Waals surface area contributed by atoms with Crippen LogP contribution in [-0.2, 0) is 0 Å². The summed E-state index contributed by atoms with van der Waals surface area (Å²) in [7, 11) is 0. The van der Waals surface area contributed by atoms with Gasteiger partial charge < -0.3 is 0 Å². The van der Waals surface area contributed by atoms with Crippen molar-refractivity contribution in [2.24, 2.45) is 0 Å². The second-order valence-corrected chi connectivity index (χ2v) is 1.79. The topological polar surface area (TPSA) is 12.0 Å². The number of hydrogen-bond donors (Lipinski definition) is 1. The van der Waals surface area contributed by atoms with Gasteiger partial charge in [-0.3, -0.25) is 4.72 Å². The highest BCUT2D eigenvalue weighted by Gasteiger charge is 1.86. The van der Waals surface area contributed by atoms with E-state index in [9.17, 15) is 0 Å². The number of rotatable bonds is 0. The van der Waals surface area contributed by atoms with Crippen molar-refractivity contribution in [3.05, 3.63) is 18.0 Å². The predicted octanol–water partition coefficient (Wildman–Crippen LogP) is 1.30. The fourth-order valence-corrected chi connectivity index (χ4v) is 0.786. The van der Waals surface area contributed by atoms with Crippen LogP contribution in [0, 0.1) is 6.54 Å². The standard InChI is InChI=1S/C4H6NS/c1-2-4-6-5-3-1/h2-5H,1H2. The Morgan fingerprint density at radius 3 is 2.83 bits per heavy atom. The molecule has 0 aliphatic carbocycles. The van der Waals surface area contributed by atoms with Crippen molar-refractivity contribution >= 4 is 11.9 Å². The van der Waals surface area contributed by atoms with Gasteiger partial charge >= 0.3 is 0 Å². The highest BCUT2D eigenvalue weighted by atomic mass is 32.2. The maximum absolute atomic E-state index is 2.99. The summed E-state index contributed by atoms with van der Waals surface area (Å²) in [6.07, 6.45) is 3.17. The molecule has 0 atom stereocenters. The van der Waals surface area contributed by atoms with Crippen molar-refractivity contribution in [2.45, 2.75) is 6.42 Å². The second-order valence-electron chi connectivity index (χ2n) is 1.05. The van der Waals surface area contributed by atoms with Crippen LogP contribution in [0.3, 0.4) is 0 Å². The van der Waals surface area contributed by atoms with E-state index in [0.29, 0.717) is 0 Å². The molecule has 0 fully saturated rings. The predicted molar refractivity (Wildman–Crippen MR) is 28.8 cm³/mol. The first kappa shape index (κ1) is 4.22. The zero-order valence-corrected chi connectivity index (χ0v) is 4.16. The second kappa shape index (κ2) is 2.26. The molecule has 33 valence electrons. The van der Waals surface area contributed by atoms with E-state index in [1.165, 1.54) is 0 Å². The molecule has 1 radical (unpaired) electrons. The fraction of sp³-hybridized carbons (Fsp3) is 0.250. The molecule has 0 unspecified atom stereocenters. The van der Waals surface area contributed by atoms with Crippen LogP contribution in [0.1, 0.15) is 6.42 Å². The summed E-state index contributed by atoms with van der Waals surface area (Å²) >= 11 is 1.61. The van der Waals surface area contributed by atoms with Crippen molar-refractivity contribution in [1.82, 2.24) is 4.72 Å². The average Bonchev–Trinajstić information content (AvgIpc) is 1.72. The Balaban J connectivity index is 2.26. The monoisotopic (exact) mass is 100 g/mol. The molecule has 1 aliphatic rings. The van der Waals surface area contributed by atoms with Crippen LogP contribution in [-0.4, -0.2) is 0 Å². The van der Waals surface area contributed by atoms with E-state index >= 15 is 0 Å². The van der Waals surface area contributed by atoms with Crippen molar-refractivity contribution in [3.8, 4) is 0 Å². The molecule has 2 heteroatoms. The van der Waals surface area contributed by atoms with E-state index in [1.54, 1.807) is 11.9 Å². The Morgan fingerprint density at radius 2 is 2.67 bits per heavy atom. The highest BCUT2D eigenvalue weighted by Crippen LogP contribution is 2.04. The molecule has 1 rings (SSSR count). The summed E-state index contributed by atoms with van der Waals surface area (Å²) in [5.41, 5.74) is 0. The first-order valence-electron chi connectivity index (χ1n) is 1.88. The number of nitrogens with one attached hydrogen (secondary N) is 1. The average molecular weight is 100 g/mol. The van der Waals surface area contributed by atoms with Crippen molar-refractivity contribution < 1.29 is 0 Å². The van der Waals surface area contributed by atoms with Crippen LogP contribution < -0.4 is 4.72 Å². The van der Waals surface area contributed by atoms with E-state index in [2.05, 4.69) is 10.8 Å². The summed E-state index contributed by atoms with van der Waals surface area (Å²) < 4.78 is 2.99. The molecule has 0 spiro atoms. The minimum Gasteiger partial charge on any atom is -0.255 e. The van der Waals surface area contributed by atoms with Crippen LogP contribution in [0.25, 0.3) is 0 Å². The third kappa shape index (κ3) is 1.03. The van der Waals surface area contributed by atoms with Crippen molar-refractivity contribution in [3.63, 3.8) is 0 Å². The van der Waals surface area contributed by atoms with Gasteiger partial charge in [-0.1, -0.05) is 18.0 Å². The Hall–Kier alpha value is 0.0500. The summed E-state index contributed by atoms with van der Waals surface area (Å²) in [6.45, 7) is 2.02. The maximum Gasteiger partial charge on any atom is 0.0375 e. The van der Waals surface area contributed by atoms with Gasteiger partial charge in [-0.25, -0.2) is 0 Å². The zero-order valence-electron chi connectivity index (χ0n) is 3.35. The molecule has 0 amide bonds. The van der Waals surface area contributed by atoms with Gasteiger partial charge in [0.1, 0.15) is 0 Å². The molecule has 1 heterocycles. The van der Waals surface area contributed by atoms with E-state index in [0.717, 1.165) is 6.42 Å². The first-order valence-corrected chi connectivity index (χ1v) is 2.76. The molecule has 0 saturated carbocycles. The van der Waals surface area contributed by atoms with Crippen LogP contribution in [0.4, 0.5) is 0 Å². The molecular weight excluding hydrogens is 94.1 g/mol. The number of hydrogen-bond acceptors (Lipinski definition) is 2. The van der Waals surface area contributed by atoms with Crippen molar-refractivity contribution in [1.29, 1.82) is 0 Å². The van der Waals surface area contributed by atoms with Gasteiger partial charge in [-0.15, -0.1) is 0 Å². The van der Waals surface area contributed by atoms with Crippen LogP contribution >= 0.6 is 11.9 Å². The van der Waals surface area contributed by atoms with Crippen LogP contribution in [0.15, 0.2) is 11.5 Å². The molecule has 6 heavy (non-hydrogen) atoms. The quantitative estimate of drug-likeness (QED) is 0.460. The van der Waals surface area contributed by atoms with Gasteiger partial charge in [0, 0.05) is 6.54 Å². The molecule has 0 aromatic heterocycles. The van der Waals surface area contributed by atoms with Gasteiger partial charge in [0.15, 0.2) is 0 Å². The molecule has 1 nitrogen and oxygen atoms in total. The lowest BCUT2D eigenvalue weighted by atomic mass is 10.4. The smallest absolute Gasteiger partial charge is 0.0375 e. The van der Waals surface area contributed by atoms with Gasteiger partial charge in [-0.2, -0.15) is 0 Å².